The molecule has 0 aliphatic heterocycles. The number of methoxy groups -OCH3 is 3. The number of amides is 1. The molecule has 1 atom stereocenters. The van der Waals surface area contributed by atoms with Gasteiger partial charge in [0.15, 0.2) is 0 Å². The van der Waals surface area contributed by atoms with Gasteiger partial charge in [0.05, 0.1) is 32.6 Å². The first-order chi connectivity index (χ1) is 17.2. The van der Waals surface area contributed by atoms with E-state index in [2.05, 4.69) is 26.1 Å². The van der Waals surface area contributed by atoms with Gasteiger partial charge in [-0.1, -0.05) is 32.9 Å². The van der Waals surface area contributed by atoms with Crippen molar-refractivity contribution in [3.63, 3.8) is 0 Å². The lowest BCUT2D eigenvalue weighted by atomic mass is 9.72. The van der Waals surface area contributed by atoms with E-state index in [4.69, 9.17) is 19.2 Å². The first kappa shape index (κ1) is 25.8. The molecule has 7 heteroatoms. The molecule has 1 aliphatic rings. The Morgan fingerprint density at radius 1 is 1.06 bits per heavy atom. The number of hydrogen-bond acceptors (Lipinski definition) is 6. The van der Waals surface area contributed by atoms with Gasteiger partial charge in [-0.2, -0.15) is 0 Å². The molecule has 0 unspecified atom stereocenters. The smallest absolute Gasteiger partial charge is 0.259 e. The second-order valence-corrected chi connectivity index (χ2v) is 11.1. The maximum Gasteiger partial charge on any atom is 0.259 e. The number of fused-ring (bicyclic) bond motifs is 1. The van der Waals surface area contributed by atoms with Crippen molar-refractivity contribution in [2.75, 3.05) is 26.6 Å². The zero-order chi connectivity index (χ0) is 25.9. The van der Waals surface area contributed by atoms with Crippen LogP contribution in [0.2, 0.25) is 0 Å². The molecule has 0 fully saturated rings. The van der Waals surface area contributed by atoms with Gasteiger partial charge in [0.25, 0.3) is 5.91 Å². The highest BCUT2D eigenvalue weighted by Crippen LogP contribution is 2.45. The molecule has 1 aliphatic carbocycles. The number of benzene rings is 2. The molecule has 190 valence electrons. The van der Waals surface area contributed by atoms with Gasteiger partial charge in [-0.15, -0.1) is 11.3 Å². The summed E-state index contributed by atoms with van der Waals surface area (Å²) in [5.74, 6) is 2.35. The van der Waals surface area contributed by atoms with Crippen LogP contribution in [0.1, 0.15) is 53.6 Å². The Bertz CT molecular complexity index is 1270. The number of carbonyl (C=O) groups excluding carboxylic acids is 1. The summed E-state index contributed by atoms with van der Waals surface area (Å²) < 4.78 is 16.2. The lowest BCUT2D eigenvalue weighted by Gasteiger charge is -2.33. The summed E-state index contributed by atoms with van der Waals surface area (Å²) >= 11 is 1.62. The number of thiophene rings is 1. The van der Waals surface area contributed by atoms with Crippen molar-refractivity contribution < 1.29 is 19.0 Å². The van der Waals surface area contributed by atoms with Crippen LogP contribution < -0.4 is 19.5 Å². The standard InChI is InChI=1S/C29H34N2O4S/c1-29(2,3)19-10-12-22-25(15-19)36-28(30-17-18-8-7-9-20(14-18)33-4)26(22)27(32)31-23-16-21(34-5)11-13-24(23)35-6/h7-9,11,13-14,16-17,19H,10,12,15H2,1-6H3,(H,31,32)/t19-/m0/s1. The van der Waals surface area contributed by atoms with Crippen LogP contribution in [0.5, 0.6) is 17.2 Å². The number of rotatable bonds is 7. The number of nitrogens with one attached hydrogen (secondary N) is 1. The Labute approximate surface area is 217 Å². The minimum atomic E-state index is -0.189. The lowest BCUT2D eigenvalue weighted by Crippen LogP contribution is -2.27. The van der Waals surface area contributed by atoms with Gasteiger partial charge in [-0.3, -0.25) is 4.79 Å². The molecule has 0 saturated carbocycles. The van der Waals surface area contributed by atoms with E-state index in [1.807, 2.05) is 24.3 Å². The topological polar surface area (TPSA) is 69.2 Å². The fourth-order valence-electron chi connectivity index (χ4n) is 4.59. The van der Waals surface area contributed by atoms with E-state index in [9.17, 15) is 4.79 Å². The molecule has 0 spiro atoms. The highest BCUT2D eigenvalue weighted by Gasteiger charge is 2.34. The average molecular weight is 507 g/mol. The Balaban J connectivity index is 1.73. The lowest BCUT2D eigenvalue weighted by molar-refractivity contribution is 0.102. The zero-order valence-corrected chi connectivity index (χ0v) is 22.6. The minimum absolute atomic E-state index is 0.189. The van der Waals surface area contributed by atoms with E-state index in [1.165, 1.54) is 4.88 Å². The van der Waals surface area contributed by atoms with Crippen molar-refractivity contribution in [3.8, 4) is 17.2 Å². The van der Waals surface area contributed by atoms with E-state index in [-0.39, 0.29) is 11.3 Å². The Kier molecular flexibility index (Phi) is 7.69. The van der Waals surface area contributed by atoms with Crippen LogP contribution in [-0.2, 0) is 12.8 Å². The second-order valence-electron chi connectivity index (χ2n) is 10.0. The summed E-state index contributed by atoms with van der Waals surface area (Å²) in [5.41, 5.74) is 3.44. The van der Waals surface area contributed by atoms with Crippen molar-refractivity contribution >= 4 is 34.1 Å². The van der Waals surface area contributed by atoms with Crippen molar-refractivity contribution in [2.24, 2.45) is 16.3 Å². The summed E-state index contributed by atoms with van der Waals surface area (Å²) in [7, 11) is 4.82. The zero-order valence-electron chi connectivity index (χ0n) is 21.8. The van der Waals surface area contributed by atoms with E-state index in [1.54, 1.807) is 57.1 Å². The van der Waals surface area contributed by atoms with Gasteiger partial charge in [0.1, 0.15) is 22.2 Å². The highest BCUT2D eigenvalue weighted by atomic mass is 32.1. The molecule has 0 saturated heterocycles. The van der Waals surface area contributed by atoms with Crippen molar-refractivity contribution in [1.29, 1.82) is 0 Å². The number of ether oxygens (including phenoxy) is 3. The summed E-state index contributed by atoms with van der Waals surface area (Å²) in [4.78, 5) is 19.8. The number of hydrogen-bond donors (Lipinski definition) is 1. The predicted octanol–water partition coefficient (Wildman–Crippen LogP) is 6.93. The van der Waals surface area contributed by atoms with E-state index < -0.39 is 0 Å². The monoisotopic (exact) mass is 506 g/mol. The van der Waals surface area contributed by atoms with Crippen LogP contribution in [-0.4, -0.2) is 33.5 Å². The van der Waals surface area contributed by atoms with Crippen molar-refractivity contribution in [1.82, 2.24) is 0 Å². The van der Waals surface area contributed by atoms with Crippen LogP contribution in [0, 0.1) is 11.3 Å². The normalized spacial score (nSPS) is 15.4. The summed E-state index contributed by atoms with van der Waals surface area (Å²) in [5, 5.41) is 3.78. The van der Waals surface area contributed by atoms with E-state index in [0.29, 0.717) is 28.7 Å². The molecule has 1 heterocycles. The maximum absolute atomic E-state index is 13.7. The number of carbonyl (C=O) groups is 1. The number of nitrogens with zero attached hydrogens (tertiary/aromatic N) is 1. The van der Waals surface area contributed by atoms with Crippen LogP contribution in [0.4, 0.5) is 10.7 Å². The Morgan fingerprint density at radius 3 is 2.50 bits per heavy atom. The molecule has 0 bridgehead atoms. The van der Waals surface area contributed by atoms with Gasteiger partial charge in [0.2, 0.25) is 0 Å². The average Bonchev–Trinajstić information content (AvgIpc) is 3.24. The second kappa shape index (κ2) is 10.7. The molecule has 0 radical (unpaired) electrons. The van der Waals surface area contributed by atoms with Gasteiger partial charge in [-0.25, -0.2) is 4.99 Å². The fourth-order valence-corrected chi connectivity index (χ4v) is 5.86. The van der Waals surface area contributed by atoms with Gasteiger partial charge < -0.3 is 19.5 Å². The van der Waals surface area contributed by atoms with E-state index in [0.717, 1.165) is 41.1 Å². The summed E-state index contributed by atoms with van der Waals surface area (Å²) in [6.07, 6.45) is 4.67. The molecular weight excluding hydrogens is 472 g/mol. The van der Waals surface area contributed by atoms with Crippen LogP contribution >= 0.6 is 11.3 Å². The number of anilines is 1. The third-order valence-electron chi connectivity index (χ3n) is 6.78. The quantitative estimate of drug-likeness (QED) is 0.353. The molecule has 1 amide bonds. The molecule has 4 rings (SSSR count). The molecular formula is C29H34N2O4S. The van der Waals surface area contributed by atoms with E-state index >= 15 is 0 Å². The molecule has 36 heavy (non-hydrogen) atoms. The van der Waals surface area contributed by atoms with Crippen LogP contribution in [0.3, 0.4) is 0 Å². The molecule has 3 aromatic rings. The minimum Gasteiger partial charge on any atom is -0.497 e. The Hall–Kier alpha value is -3.32. The van der Waals surface area contributed by atoms with Gasteiger partial charge in [-0.05, 0) is 66.0 Å². The predicted molar refractivity (Wildman–Crippen MR) is 147 cm³/mol. The number of aliphatic imine (C=N–C) groups is 1. The SMILES string of the molecule is COc1cccc(C=Nc2sc3c(c2C(=O)Nc2cc(OC)ccc2OC)CC[C@H](C(C)(C)C)C3)c1. The fraction of sp³-hybridized carbons (Fsp3) is 0.379. The largest absolute Gasteiger partial charge is 0.497 e. The first-order valence-electron chi connectivity index (χ1n) is 12.1. The highest BCUT2D eigenvalue weighted by molar-refractivity contribution is 7.16. The molecule has 1 N–H and O–H groups in total. The van der Waals surface area contributed by atoms with Crippen molar-refractivity contribution in [2.45, 2.75) is 40.0 Å². The molecule has 1 aromatic heterocycles. The first-order valence-corrected chi connectivity index (χ1v) is 12.9. The summed E-state index contributed by atoms with van der Waals surface area (Å²) in [6, 6.07) is 13.1. The Morgan fingerprint density at radius 2 is 1.81 bits per heavy atom. The maximum atomic E-state index is 13.7. The van der Waals surface area contributed by atoms with Gasteiger partial charge in [0, 0.05) is 17.2 Å². The third kappa shape index (κ3) is 5.57. The van der Waals surface area contributed by atoms with Gasteiger partial charge >= 0.3 is 0 Å². The molecule has 2 aromatic carbocycles. The van der Waals surface area contributed by atoms with Crippen LogP contribution in [0.15, 0.2) is 47.5 Å². The molecule has 6 nitrogen and oxygen atoms in total. The summed E-state index contributed by atoms with van der Waals surface area (Å²) in [6.45, 7) is 6.88. The van der Waals surface area contributed by atoms with Crippen LogP contribution in [0.25, 0.3) is 0 Å². The third-order valence-corrected chi connectivity index (χ3v) is 7.94. The van der Waals surface area contributed by atoms with Crippen molar-refractivity contribution in [3.05, 3.63) is 64.0 Å².